The number of nitrogens with one attached hydrogen (secondary N) is 2. The monoisotopic (exact) mass is 293 g/mol. The molecule has 0 atom stereocenters. The van der Waals surface area contributed by atoms with Crippen LogP contribution >= 0.6 is 0 Å². The van der Waals surface area contributed by atoms with E-state index in [0.717, 1.165) is 5.56 Å². The van der Waals surface area contributed by atoms with Gasteiger partial charge in [0.25, 0.3) is 10.0 Å². The van der Waals surface area contributed by atoms with Crippen LogP contribution in [0.2, 0.25) is 0 Å². The highest BCUT2D eigenvalue weighted by molar-refractivity contribution is 7.92. The van der Waals surface area contributed by atoms with Crippen molar-refractivity contribution in [2.75, 3.05) is 4.72 Å². The third kappa shape index (κ3) is 2.80. The summed E-state index contributed by atoms with van der Waals surface area (Å²) < 4.78 is 28.4. The van der Waals surface area contributed by atoms with Crippen molar-refractivity contribution in [2.45, 2.75) is 11.9 Å². The number of sulfonamides is 1. The molecule has 0 aliphatic heterocycles. The van der Waals surface area contributed by atoms with E-state index in [1.165, 1.54) is 18.6 Å². The first-order chi connectivity index (χ1) is 9.29. The van der Waals surface area contributed by atoms with Crippen molar-refractivity contribution in [1.82, 2.24) is 9.55 Å². The SMILES string of the molecule is Cc1ccc(C(=N)N)cc1NS(=O)(=O)c1cn(C)cn1. The molecule has 7 nitrogen and oxygen atoms in total. The van der Waals surface area contributed by atoms with Crippen LogP contribution in [-0.4, -0.2) is 23.8 Å². The van der Waals surface area contributed by atoms with Crippen molar-refractivity contribution < 1.29 is 8.42 Å². The van der Waals surface area contributed by atoms with Crippen molar-refractivity contribution in [2.24, 2.45) is 12.8 Å². The number of aryl methyl sites for hydroxylation is 2. The Kier molecular flexibility index (Phi) is 3.49. The average Bonchev–Trinajstić information content (AvgIpc) is 2.79. The second-order valence-corrected chi connectivity index (χ2v) is 6.06. The van der Waals surface area contributed by atoms with Crippen molar-refractivity contribution in [3.8, 4) is 0 Å². The predicted molar refractivity (Wildman–Crippen MR) is 76.2 cm³/mol. The largest absolute Gasteiger partial charge is 0.384 e. The van der Waals surface area contributed by atoms with Crippen molar-refractivity contribution in [1.29, 1.82) is 5.41 Å². The third-order valence-electron chi connectivity index (χ3n) is 2.75. The maximum atomic E-state index is 12.2. The second-order valence-electron chi connectivity index (χ2n) is 4.43. The minimum absolute atomic E-state index is 0.0624. The number of rotatable bonds is 4. The molecule has 0 amide bonds. The number of amidine groups is 1. The van der Waals surface area contributed by atoms with E-state index < -0.39 is 10.0 Å². The van der Waals surface area contributed by atoms with E-state index in [1.54, 1.807) is 30.7 Å². The molecule has 0 aliphatic rings. The Balaban J connectivity index is 2.39. The summed E-state index contributed by atoms with van der Waals surface area (Å²) in [5, 5.41) is 7.32. The second kappa shape index (κ2) is 4.97. The molecule has 4 N–H and O–H groups in total. The number of nitrogen functional groups attached to an aromatic ring is 1. The van der Waals surface area contributed by atoms with Gasteiger partial charge in [-0.05, 0) is 18.6 Å². The van der Waals surface area contributed by atoms with Gasteiger partial charge in [0.1, 0.15) is 5.84 Å². The van der Waals surface area contributed by atoms with E-state index in [2.05, 4.69) is 9.71 Å². The van der Waals surface area contributed by atoms with Gasteiger partial charge in [0.2, 0.25) is 0 Å². The molecule has 0 aliphatic carbocycles. The van der Waals surface area contributed by atoms with Gasteiger partial charge in [-0.15, -0.1) is 0 Å². The fraction of sp³-hybridized carbons (Fsp3) is 0.167. The van der Waals surface area contributed by atoms with E-state index in [-0.39, 0.29) is 10.9 Å². The van der Waals surface area contributed by atoms with Crippen LogP contribution in [0.3, 0.4) is 0 Å². The topological polar surface area (TPSA) is 114 Å². The summed E-state index contributed by atoms with van der Waals surface area (Å²) in [4.78, 5) is 3.82. The molecular formula is C12H15N5O2S. The number of hydrogen-bond acceptors (Lipinski definition) is 4. The van der Waals surface area contributed by atoms with Crippen LogP contribution in [-0.2, 0) is 17.1 Å². The molecule has 0 radical (unpaired) electrons. The first-order valence-electron chi connectivity index (χ1n) is 5.75. The molecule has 0 bridgehead atoms. The Morgan fingerprint density at radius 2 is 2.15 bits per heavy atom. The fourth-order valence-corrected chi connectivity index (χ4v) is 2.73. The first kappa shape index (κ1) is 14.1. The highest BCUT2D eigenvalue weighted by Crippen LogP contribution is 2.20. The standard InChI is InChI=1S/C12H15N5O2S/c1-8-3-4-9(12(13)14)5-10(8)16-20(18,19)11-6-17(2)7-15-11/h3-7,16H,1-2H3,(H3,13,14). The van der Waals surface area contributed by atoms with Gasteiger partial charge in [-0.2, -0.15) is 8.42 Å². The molecule has 2 rings (SSSR count). The lowest BCUT2D eigenvalue weighted by Gasteiger charge is -2.10. The highest BCUT2D eigenvalue weighted by atomic mass is 32.2. The molecule has 0 saturated heterocycles. The predicted octanol–water partition coefficient (Wildman–Crippen LogP) is 0.813. The van der Waals surface area contributed by atoms with Gasteiger partial charge in [0, 0.05) is 18.8 Å². The molecule has 1 aromatic heterocycles. The first-order valence-corrected chi connectivity index (χ1v) is 7.24. The molecule has 1 aromatic carbocycles. The van der Waals surface area contributed by atoms with E-state index in [0.29, 0.717) is 11.3 Å². The zero-order valence-corrected chi connectivity index (χ0v) is 11.9. The summed E-state index contributed by atoms with van der Waals surface area (Å²) in [6.07, 6.45) is 2.82. The minimum Gasteiger partial charge on any atom is -0.384 e. The average molecular weight is 293 g/mol. The summed E-state index contributed by atoms with van der Waals surface area (Å²) in [7, 11) is -2.06. The van der Waals surface area contributed by atoms with Crippen LogP contribution < -0.4 is 10.5 Å². The van der Waals surface area contributed by atoms with E-state index >= 15 is 0 Å². The third-order valence-corrected chi connectivity index (χ3v) is 4.00. The summed E-state index contributed by atoms with van der Waals surface area (Å²) >= 11 is 0. The van der Waals surface area contributed by atoms with Gasteiger partial charge in [0.05, 0.1) is 12.0 Å². The van der Waals surface area contributed by atoms with Crippen LogP contribution in [0.4, 0.5) is 5.69 Å². The molecular weight excluding hydrogens is 278 g/mol. The summed E-state index contributed by atoms with van der Waals surface area (Å²) in [6.45, 7) is 1.76. The number of nitrogens with zero attached hydrogens (tertiary/aromatic N) is 2. The molecule has 0 fully saturated rings. The highest BCUT2D eigenvalue weighted by Gasteiger charge is 2.18. The maximum absolute atomic E-state index is 12.2. The number of anilines is 1. The molecule has 2 aromatic rings. The Bertz CT molecular complexity index is 764. The lowest BCUT2D eigenvalue weighted by molar-refractivity contribution is 0.598. The Labute approximate surface area is 117 Å². The quantitative estimate of drug-likeness (QED) is 0.571. The Hall–Kier alpha value is -2.35. The van der Waals surface area contributed by atoms with E-state index in [4.69, 9.17) is 11.1 Å². The van der Waals surface area contributed by atoms with Crippen LogP contribution in [0.25, 0.3) is 0 Å². The zero-order valence-electron chi connectivity index (χ0n) is 11.1. The number of benzene rings is 1. The lowest BCUT2D eigenvalue weighted by atomic mass is 10.1. The van der Waals surface area contributed by atoms with Gasteiger partial charge in [0.15, 0.2) is 5.03 Å². The number of hydrogen-bond donors (Lipinski definition) is 3. The smallest absolute Gasteiger partial charge is 0.280 e. The molecule has 8 heteroatoms. The van der Waals surface area contributed by atoms with Crippen molar-refractivity contribution >= 4 is 21.5 Å². The molecule has 106 valence electrons. The summed E-state index contributed by atoms with van der Waals surface area (Å²) in [5.74, 6) is -0.122. The molecule has 1 heterocycles. The molecule has 0 spiro atoms. The molecule has 20 heavy (non-hydrogen) atoms. The normalized spacial score (nSPS) is 11.3. The summed E-state index contributed by atoms with van der Waals surface area (Å²) in [6, 6.07) is 4.89. The van der Waals surface area contributed by atoms with Gasteiger partial charge in [-0.25, -0.2) is 4.98 Å². The molecule has 0 saturated carbocycles. The number of aromatic nitrogens is 2. The van der Waals surface area contributed by atoms with Crippen molar-refractivity contribution in [3.63, 3.8) is 0 Å². The van der Waals surface area contributed by atoms with Crippen LogP contribution in [0, 0.1) is 12.3 Å². The zero-order chi connectivity index (χ0) is 14.9. The van der Waals surface area contributed by atoms with Crippen LogP contribution in [0.5, 0.6) is 0 Å². The number of imidazole rings is 1. The van der Waals surface area contributed by atoms with Gasteiger partial charge < -0.3 is 10.3 Å². The van der Waals surface area contributed by atoms with Crippen LogP contribution in [0.15, 0.2) is 35.7 Å². The maximum Gasteiger partial charge on any atom is 0.280 e. The fourth-order valence-electron chi connectivity index (χ4n) is 1.62. The Morgan fingerprint density at radius 1 is 1.45 bits per heavy atom. The van der Waals surface area contributed by atoms with Gasteiger partial charge in [-0.1, -0.05) is 12.1 Å². The lowest BCUT2D eigenvalue weighted by Crippen LogP contribution is -2.16. The molecule has 0 unspecified atom stereocenters. The summed E-state index contributed by atoms with van der Waals surface area (Å²) in [5.41, 5.74) is 6.96. The Morgan fingerprint density at radius 3 is 2.70 bits per heavy atom. The van der Waals surface area contributed by atoms with E-state index in [1.807, 2.05) is 0 Å². The van der Waals surface area contributed by atoms with E-state index in [9.17, 15) is 8.42 Å². The number of nitrogens with two attached hydrogens (primary N) is 1. The van der Waals surface area contributed by atoms with Gasteiger partial charge >= 0.3 is 0 Å². The van der Waals surface area contributed by atoms with Crippen molar-refractivity contribution in [3.05, 3.63) is 41.9 Å². The van der Waals surface area contributed by atoms with Gasteiger partial charge in [-0.3, -0.25) is 10.1 Å². The minimum atomic E-state index is -3.75. The van der Waals surface area contributed by atoms with Crippen LogP contribution in [0.1, 0.15) is 11.1 Å².